The van der Waals surface area contributed by atoms with E-state index in [9.17, 15) is 4.79 Å². The number of carbonyl (C=O) groups excluding carboxylic acids is 1. The summed E-state index contributed by atoms with van der Waals surface area (Å²) >= 11 is 5.94. The van der Waals surface area contributed by atoms with Gasteiger partial charge in [0.2, 0.25) is 0 Å². The van der Waals surface area contributed by atoms with E-state index < -0.39 is 6.04 Å². The average molecular weight is 198 g/mol. The molecule has 1 atom stereocenters. The van der Waals surface area contributed by atoms with Gasteiger partial charge in [-0.2, -0.15) is 0 Å². The Labute approximate surface area is 82.7 Å². The molecule has 0 aliphatic rings. The number of ketones is 1. The van der Waals surface area contributed by atoms with Crippen molar-refractivity contribution >= 4 is 17.4 Å². The number of Topliss-reactive ketones (excluding diaryl/α,β-unsaturated/α-hetero) is 1. The molecule has 0 saturated heterocycles. The summed E-state index contributed by atoms with van der Waals surface area (Å²) < 4.78 is 0. The molecule has 3 heteroatoms. The number of rotatable bonds is 2. The lowest BCUT2D eigenvalue weighted by Gasteiger charge is -2.12. The molecule has 70 valence electrons. The van der Waals surface area contributed by atoms with E-state index in [4.69, 9.17) is 17.3 Å². The topological polar surface area (TPSA) is 43.1 Å². The molecule has 1 unspecified atom stereocenters. The Bertz CT molecular complexity index is 315. The van der Waals surface area contributed by atoms with Crippen LogP contribution in [0.15, 0.2) is 18.2 Å². The van der Waals surface area contributed by atoms with Crippen molar-refractivity contribution < 1.29 is 4.79 Å². The Balaban J connectivity index is 3.20. The summed E-state index contributed by atoms with van der Waals surface area (Å²) in [6.07, 6.45) is 0. The van der Waals surface area contributed by atoms with Gasteiger partial charge in [-0.15, -0.1) is 0 Å². The summed E-state index contributed by atoms with van der Waals surface area (Å²) in [6, 6.07) is 4.87. The summed E-state index contributed by atoms with van der Waals surface area (Å²) in [7, 11) is 0. The molecule has 0 spiro atoms. The second-order valence-electron chi connectivity index (χ2n) is 3.06. The van der Waals surface area contributed by atoms with Crippen molar-refractivity contribution in [2.24, 2.45) is 5.73 Å². The molecule has 1 aromatic rings. The van der Waals surface area contributed by atoms with Gasteiger partial charge in [-0.3, -0.25) is 4.79 Å². The fraction of sp³-hybridized carbons (Fsp3) is 0.300. The van der Waals surface area contributed by atoms with Crippen molar-refractivity contribution in [1.29, 1.82) is 0 Å². The normalized spacial score (nSPS) is 12.6. The molecule has 0 radical (unpaired) electrons. The zero-order chi connectivity index (χ0) is 10.0. The second-order valence-corrected chi connectivity index (χ2v) is 3.47. The first-order valence-corrected chi connectivity index (χ1v) is 4.43. The molecular weight excluding hydrogens is 186 g/mol. The van der Waals surface area contributed by atoms with Gasteiger partial charge < -0.3 is 5.73 Å². The maximum absolute atomic E-state index is 11.1. The fourth-order valence-corrected chi connectivity index (χ4v) is 1.58. The number of hydrogen-bond donors (Lipinski definition) is 1. The standard InChI is InChI=1S/C10H12ClNO/c1-6-4-3-5-8(11)9(6)10(12)7(2)13/h3-5,10H,12H2,1-2H3. The molecule has 1 aromatic carbocycles. The fourth-order valence-electron chi connectivity index (χ4n) is 1.24. The Morgan fingerprint density at radius 3 is 2.62 bits per heavy atom. The molecule has 2 nitrogen and oxygen atoms in total. The minimum atomic E-state index is -0.603. The Hall–Kier alpha value is -0.860. The highest BCUT2D eigenvalue weighted by molar-refractivity contribution is 6.31. The zero-order valence-corrected chi connectivity index (χ0v) is 8.43. The van der Waals surface area contributed by atoms with Crippen LogP contribution in [0, 0.1) is 6.92 Å². The summed E-state index contributed by atoms with van der Waals surface area (Å²) in [5, 5.41) is 0.558. The third kappa shape index (κ3) is 2.08. The molecule has 0 heterocycles. The van der Waals surface area contributed by atoms with Gasteiger partial charge in [-0.1, -0.05) is 23.7 Å². The lowest BCUT2D eigenvalue weighted by molar-refractivity contribution is -0.118. The predicted molar refractivity (Wildman–Crippen MR) is 53.8 cm³/mol. The third-order valence-corrected chi connectivity index (χ3v) is 2.35. The molecule has 0 aromatic heterocycles. The highest BCUT2D eigenvalue weighted by atomic mass is 35.5. The first-order chi connectivity index (χ1) is 6.04. The van der Waals surface area contributed by atoms with Gasteiger partial charge in [0.1, 0.15) is 0 Å². The van der Waals surface area contributed by atoms with E-state index in [1.807, 2.05) is 19.1 Å². The van der Waals surface area contributed by atoms with Crippen LogP contribution in [0.3, 0.4) is 0 Å². The van der Waals surface area contributed by atoms with E-state index in [0.717, 1.165) is 11.1 Å². The number of aryl methyl sites for hydroxylation is 1. The zero-order valence-electron chi connectivity index (χ0n) is 7.67. The quantitative estimate of drug-likeness (QED) is 0.790. The molecular formula is C10H12ClNO. The second kappa shape index (κ2) is 3.90. The number of nitrogens with two attached hydrogens (primary N) is 1. The number of carbonyl (C=O) groups is 1. The van der Waals surface area contributed by atoms with Gasteiger partial charge in [0.25, 0.3) is 0 Å². The van der Waals surface area contributed by atoms with Crippen LogP contribution in [0.4, 0.5) is 0 Å². The van der Waals surface area contributed by atoms with E-state index in [1.54, 1.807) is 6.07 Å². The molecule has 1 rings (SSSR count). The van der Waals surface area contributed by atoms with Crippen molar-refractivity contribution in [2.75, 3.05) is 0 Å². The van der Waals surface area contributed by atoms with Crippen LogP contribution in [0.5, 0.6) is 0 Å². The molecule has 13 heavy (non-hydrogen) atoms. The number of halogens is 1. The van der Waals surface area contributed by atoms with Crippen molar-refractivity contribution in [3.05, 3.63) is 34.3 Å². The van der Waals surface area contributed by atoms with Crippen LogP contribution < -0.4 is 5.73 Å². The summed E-state index contributed by atoms with van der Waals surface area (Å²) in [5.74, 6) is -0.0730. The Morgan fingerprint density at radius 1 is 1.54 bits per heavy atom. The summed E-state index contributed by atoms with van der Waals surface area (Å²) in [4.78, 5) is 11.1. The van der Waals surface area contributed by atoms with E-state index in [2.05, 4.69) is 0 Å². The van der Waals surface area contributed by atoms with E-state index in [0.29, 0.717) is 5.02 Å². The predicted octanol–water partition coefficient (Wildman–Crippen LogP) is 2.24. The van der Waals surface area contributed by atoms with E-state index in [1.165, 1.54) is 6.92 Å². The van der Waals surface area contributed by atoms with E-state index in [-0.39, 0.29) is 5.78 Å². The molecule has 0 saturated carbocycles. The molecule has 0 amide bonds. The first-order valence-electron chi connectivity index (χ1n) is 4.05. The summed E-state index contributed by atoms with van der Waals surface area (Å²) in [6.45, 7) is 3.36. The SMILES string of the molecule is CC(=O)C(N)c1c(C)cccc1Cl. The van der Waals surface area contributed by atoms with Crippen LogP contribution in [0.25, 0.3) is 0 Å². The Kier molecular flexibility index (Phi) is 3.07. The van der Waals surface area contributed by atoms with E-state index >= 15 is 0 Å². The molecule has 0 aliphatic carbocycles. The van der Waals surface area contributed by atoms with Gasteiger partial charge in [-0.05, 0) is 31.0 Å². The molecule has 0 fully saturated rings. The van der Waals surface area contributed by atoms with Crippen LogP contribution in [-0.2, 0) is 4.79 Å². The van der Waals surface area contributed by atoms with Crippen molar-refractivity contribution in [3.63, 3.8) is 0 Å². The smallest absolute Gasteiger partial charge is 0.151 e. The lowest BCUT2D eigenvalue weighted by atomic mass is 9.99. The van der Waals surface area contributed by atoms with Crippen LogP contribution in [0.1, 0.15) is 24.1 Å². The highest BCUT2D eigenvalue weighted by Crippen LogP contribution is 2.25. The lowest BCUT2D eigenvalue weighted by Crippen LogP contribution is -2.20. The summed E-state index contributed by atoms with van der Waals surface area (Å²) in [5.41, 5.74) is 7.39. The minimum Gasteiger partial charge on any atom is -0.318 e. The van der Waals surface area contributed by atoms with Crippen LogP contribution in [0.2, 0.25) is 5.02 Å². The maximum atomic E-state index is 11.1. The van der Waals surface area contributed by atoms with Gasteiger partial charge >= 0.3 is 0 Å². The van der Waals surface area contributed by atoms with Gasteiger partial charge in [0.15, 0.2) is 5.78 Å². The molecule has 0 aliphatic heterocycles. The molecule has 0 bridgehead atoms. The van der Waals surface area contributed by atoms with Gasteiger partial charge in [0, 0.05) is 5.02 Å². The van der Waals surface area contributed by atoms with Crippen molar-refractivity contribution in [1.82, 2.24) is 0 Å². The average Bonchev–Trinajstić information content (AvgIpc) is 2.03. The first kappa shape index (κ1) is 10.2. The minimum absolute atomic E-state index is 0.0730. The number of hydrogen-bond acceptors (Lipinski definition) is 2. The van der Waals surface area contributed by atoms with Gasteiger partial charge in [0.05, 0.1) is 6.04 Å². The number of benzene rings is 1. The van der Waals surface area contributed by atoms with Crippen LogP contribution >= 0.6 is 11.6 Å². The van der Waals surface area contributed by atoms with Crippen molar-refractivity contribution in [3.8, 4) is 0 Å². The van der Waals surface area contributed by atoms with Crippen LogP contribution in [-0.4, -0.2) is 5.78 Å². The monoisotopic (exact) mass is 197 g/mol. The largest absolute Gasteiger partial charge is 0.318 e. The maximum Gasteiger partial charge on any atom is 0.151 e. The third-order valence-electron chi connectivity index (χ3n) is 2.02. The highest BCUT2D eigenvalue weighted by Gasteiger charge is 2.16. The molecule has 2 N–H and O–H groups in total. The Morgan fingerprint density at radius 2 is 2.15 bits per heavy atom. The van der Waals surface area contributed by atoms with Crippen molar-refractivity contribution in [2.45, 2.75) is 19.9 Å². The van der Waals surface area contributed by atoms with Gasteiger partial charge in [-0.25, -0.2) is 0 Å².